The number of carbonyl (C=O) groups is 3. The van der Waals surface area contributed by atoms with Crippen molar-refractivity contribution in [3.63, 3.8) is 0 Å². The molecule has 2 aromatic carbocycles. The van der Waals surface area contributed by atoms with Gasteiger partial charge >= 0.3 is 0 Å². The molecule has 1 spiro atoms. The number of thioether (sulfide) groups is 1. The SMILES string of the molecule is CCCN1CC=C[C@]2(C)S[C@]34C=CCN(c5ccc6ccccc6c5)C(=O)C3N(CCCCO)C(=O)[C@@H]4[C@@H]2C1=O. The summed E-state index contributed by atoms with van der Waals surface area (Å²) in [6.45, 7) is 6.10. The minimum absolute atomic E-state index is 0.00418. The van der Waals surface area contributed by atoms with Gasteiger partial charge in [0.25, 0.3) is 5.91 Å². The van der Waals surface area contributed by atoms with E-state index in [1.54, 1.807) is 21.6 Å². The summed E-state index contributed by atoms with van der Waals surface area (Å²) < 4.78 is -1.45. The third-order valence-electron chi connectivity index (χ3n) is 8.99. The number of hydrogen-bond acceptors (Lipinski definition) is 5. The fourth-order valence-corrected chi connectivity index (χ4v) is 9.41. The second kappa shape index (κ2) is 10.4. The van der Waals surface area contributed by atoms with Crippen molar-refractivity contribution < 1.29 is 19.5 Å². The van der Waals surface area contributed by atoms with E-state index in [0.29, 0.717) is 39.0 Å². The number of unbranched alkanes of at least 4 members (excludes halogenated alkanes) is 1. The predicted octanol–water partition coefficient (Wildman–Crippen LogP) is 4.01. The summed E-state index contributed by atoms with van der Waals surface area (Å²) in [5, 5.41) is 11.6. The van der Waals surface area contributed by atoms with Crippen LogP contribution in [0.2, 0.25) is 0 Å². The summed E-state index contributed by atoms with van der Waals surface area (Å²) in [6, 6.07) is 13.4. The molecule has 210 valence electrons. The molecule has 40 heavy (non-hydrogen) atoms. The number of hydrogen-bond donors (Lipinski definition) is 1. The Bertz CT molecular complexity index is 1410. The van der Waals surface area contributed by atoms with Crippen LogP contribution in [0.5, 0.6) is 0 Å². The number of fused-ring (bicyclic) bond motifs is 3. The molecule has 3 amide bonds. The second-order valence-corrected chi connectivity index (χ2v) is 13.3. The fraction of sp³-hybridized carbons (Fsp3) is 0.469. The largest absolute Gasteiger partial charge is 0.396 e. The van der Waals surface area contributed by atoms with Crippen LogP contribution in [-0.4, -0.2) is 80.9 Å². The van der Waals surface area contributed by atoms with Crippen molar-refractivity contribution in [2.75, 3.05) is 37.7 Å². The van der Waals surface area contributed by atoms with E-state index in [9.17, 15) is 19.5 Å². The van der Waals surface area contributed by atoms with Crippen LogP contribution in [-0.2, 0) is 14.4 Å². The van der Waals surface area contributed by atoms with Gasteiger partial charge in [-0.1, -0.05) is 61.6 Å². The van der Waals surface area contributed by atoms with Gasteiger partial charge in [-0.3, -0.25) is 14.4 Å². The molecule has 4 aliphatic rings. The number of likely N-dealkylation sites (tertiary alicyclic amines) is 1. The highest BCUT2D eigenvalue weighted by Crippen LogP contribution is 2.65. The lowest BCUT2D eigenvalue weighted by Gasteiger charge is -2.37. The van der Waals surface area contributed by atoms with E-state index >= 15 is 0 Å². The van der Waals surface area contributed by atoms with Crippen molar-refractivity contribution in [1.29, 1.82) is 0 Å². The maximum Gasteiger partial charge on any atom is 0.251 e. The van der Waals surface area contributed by atoms with Gasteiger partial charge in [-0.15, -0.1) is 11.8 Å². The van der Waals surface area contributed by atoms with Gasteiger partial charge in [-0.2, -0.15) is 0 Å². The minimum Gasteiger partial charge on any atom is -0.396 e. The zero-order valence-corrected chi connectivity index (χ0v) is 24.0. The molecular formula is C32H37N3O4S. The zero-order valence-electron chi connectivity index (χ0n) is 23.2. The maximum absolute atomic E-state index is 14.6. The van der Waals surface area contributed by atoms with Gasteiger partial charge in [0.2, 0.25) is 11.8 Å². The molecule has 8 heteroatoms. The van der Waals surface area contributed by atoms with Crippen LogP contribution in [0.1, 0.15) is 33.1 Å². The zero-order chi connectivity index (χ0) is 28.1. The van der Waals surface area contributed by atoms with E-state index in [0.717, 1.165) is 22.9 Å². The number of nitrogens with zero attached hydrogens (tertiary/aromatic N) is 3. The highest BCUT2D eigenvalue weighted by atomic mass is 32.2. The Morgan fingerprint density at radius 2 is 1.68 bits per heavy atom. The summed E-state index contributed by atoms with van der Waals surface area (Å²) in [5.41, 5.74) is 0.796. The molecule has 0 bridgehead atoms. The van der Waals surface area contributed by atoms with Gasteiger partial charge in [-0.05, 0) is 49.1 Å². The summed E-state index contributed by atoms with van der Waals surface area (Å²) in [4.78, 5) is 48.5. The minimum atomic E-state index is -0.854. The van der Waals surface area contributed by atoms with Gasteiger partial charge < -0.3 is 19.8 Å². The Hall–Kier alpha value is -3.10. The first-order valence-corrected chi connectivity index (χ1v) is 15.2. The molecule has 0 aliphatic carbocycles. The first kappa shape index (κ1) is 27.1. The molecule has 6 rings (SSSR count). The van der Waals surface area contributed by atoms with E-state index < -0.39 is 27.4 Å². The molecule has 2 aromatic rings. The van der Waals surface area contributed by atoms with Gasteiger partial charge in [-0.25, -0.2) is 0 Å². The van der Waals surface area contributed by atoms with Crippen LogP contribution < -0.4 is 4.90 Å². The van der Waals surface area contributed by atoms with Gasteiger partial charge in [0, 0.05) is 43.2 Å². The summed E-state index contributed by atoms with van der Waals surface area (Å²) in [5.74, 6) is -1.42. The third-order valence-corrected chi connectivity index (χ3v) is 10.8. The van der Waals surface area contributed by atoms with Crippen LogP contribution >= 0.6 is 11.8 Å². The number of aliphatic hydroxyl groups is 1. The average molecular weight is 560 g/mol. The third kappa shape index (κ3) is 4.10. The van der Waals surface area contributed by atoms with Crippen molar-refractivity contribution in [1.82, 2.24) is 9.80 Å². The molecule has 2 fully saturated rings. The summed E-state index contributed by atoms with van der Waals surface area (Å²) in [7, 11) is 0. The lowest BCUT2D eigenvalue weighted by molar-refractivity contribution is -0.143. The number of anilines is 1. The number of rotatable bonds is 7. The van der Waals surface area contributed by atoms with Crippen LogP contribution in [0.4, 0.5) is 5.69 Å². The Morgan fingerprint density at radius 1 is 0.900 bits per heavy atom. The molecule has 2 saturated heterocycles. The Labute approximate surface area is 239 Å². The van der Waals surface area contributed by atoms with Crippen molar-refractivity contribution in [2.24, 2.45) is 11.8 Å². The molecule has 5 atom stereocenters. The molecule has 4 aliphatic heterocycles. The van der Waals surface area contributed by atoms with Crippen molar-refractivity contribution in [3.8, 4) is 0 Å². The number of benzene rings is 2. The molecule has 0 aromatic heterocycles. The van der Waals surface area contributed by atoms with Crippen LogP contribution in [0.25, 0.3) is 10.8 Å². The first-order chi connectivity index (χ1) is 19.3. The molecule has 1 unspecified atom stereocenters. The molecule has 1 N–H and O–H groups in total. The molecule has 4 heterocycles. The van der Waals surface area contributed by atoms with Gasteiger partial charge in [0.1, 0.15) is 6.04 Å². The van der Waals surface area contributed by atoms with Gasteiger partial charge in [0.05, 0.1) is 16.6 Å². The smallest absolute Gasteiger partial charge is 0.251 e. The lowest BCUT2D eigenvalue weighted by Crippen LogP contribution is -2.53. The van der Waals surface area contributed by atoms with Crippen molar-refractivity contribution in [3.05, 3.63) is 66.8 Å². The monoisotopic (exact) mass is 559 g/mol. The maximum atomic E-state index is 14.6. The van der Waals surface area contributed by atoms with E-state index in [4.69, 9.17) is 0 Å². The standard InChI is InChI=1S/C32H37N3O4S/c1-3-16-33-17-8-14-31(2)25(28(33)37)26-29(38)35(18-6-7-20-36)27-30(39)34(19-9-15-32(26,27)40-31)24-13-12-22-10-4-5-11-23(22)21-24/h4-5,8-15,21,25-27,36H,3,6-7,16-20H2,1-2H3/t25-,26+,27?,31+,32+/m1/s1. The Balaban J connectivity index is 1.45. The number of carbonyl (C=O) groups excluding carboxylic acids is 3. The second-order valence-electron chi connectivity index (χ2n) is 11.5. The average Bonchev–Trinajstić information content (AvgIpc) is 3.21. The summed E-state index contributed by atoms with van der Waals surface area (Å²) in [6.07, 6.45) is 10.2. The van der Waals surface area contributed by atoms with E-state index in [-0.39, 0.29) is 24.3 Å². The number of aliphatic hydroxyl groups excluding tert-OH is 1. The van der Waals surface area contributed by atoms with Crippen molar-refractivity contribution in [2.45, 2.75) is 48.6 Å². The molecule has 0 saturated carbocycles. The predicted molar refractivity (Wildman–Crippen MR) is 159 cm³/mol. The normalized spacial score (nSPS) is 31.4. The highest BCUT2D eigenvalue weighted by molar-refractivity contribution is 8.02. The molecule has 7 nitrogen and oxygen atoms in total. The first-order valence-electron chi connectivity index (χ1n) is 14.4. The van der Waals surface area contributed by atoms with Crippen LogP contribution in [0.15, 0.2) is 66.8 Å². The van der Waals surface area contributed by atoms with Gasteiger partial charge in [0.15, 0.2) is 0 Å². The molecular weight excluding hydrogens is 522 g/mol. The Kier molecular flexibility index (Phi) is 7.03. The number of amides is 3. The highest BCUT2D eigenvalue weighted by Gasteiger charge is 2.73. The quantitative estimate of drug-likeness (QED) is 0.410. The van der Waals surface area contributed by atoms with E-state index in [1.165, 1.54) is 0 Å². The molecule has 0 radical (unpaired) electrons. The summed E-state index contributed by atoms with van der Waals surface area (Å²) >= 11 is 1.62. The lowest BCUT2D eigenvalue weighted by atomic mass is 9.74. The van der Waals surface area contributed by atoms with E-state index in [1.807, 2.05) is 53.4 Å². The van der Waals surface area contributed by atoms with E-state index in [2.05, 4.69) is 32.1 Å². The van der Waals surface area contributed by atoms with Crippen LogP contribution in [0, 0.1) is 11.8 Å². The fourth-order valence-electron chi connectivity index (χ4n) is 7.25. The Morgan fingerprint density at radius 3 is 2.45 bits per heavy atom. The van der Waals surface area contributed by atoms with Crippen LogP contribution in [0.3, 0.4) is 0 Å². The van der Waals surface area contributed by atoms with Crippen molar-refractivity contribution >= 4 is 45.9 Å². The topological polar surface area (TPSA) is 81.2 Å².